The standard InChI is InChI=1S/C18H34O3/c1-4-7-9-12-17(20-16-10-8-5-2)13-11-14-18(19)21-15-6-3/h6,17H,3-5,7-16H2,1-2H3. The maximum absolute atomic E-state index is 11.4. The molecule has 3 heteroatoms. The summed E-state index contributed by atoms with van der Waals surface area (Å²) in [5.41, 5.74) is 0. The van der Waals surface area contributed by atoms with Crippen molar-refractivity contribution < 1.29 is 14.3 Å². The molecule has 0 aromatic heterocycles. The zero-order chi connectivity index (χ0) is 15.8. The van der Waals surface area contributed by atoms with Gasteiger partial charge < -0.3 is 9.47 Å². The van der Waals surface area contributed by atoms with Gasteiger partial charge in [-0.2, -0.15) is 0 Å². The minimum absolute atomic E-state index is 0.131. The minimum atomic E-state index is -0.131. The van der Waals surface area contributed by atoms with Gasteiger partial charge in [0.1, 0.15) is 6.61 Å². The fraction of sp³-hybridized carbons (Fsp3) is 0.833. The SMILES string of the molecule is C=CCOC(=O)CCCC(CCCCC)OCCCCC. The van der Waals surface area contributed by atoms with Gasteiger partial charge in [-0.15, -0.1) is 0 Å². The maximum Gasteiger partial charge on any atom is 0.306 e. The fourth-order valence-electron chi connectivity index (χ4n) is 2.23. The van der Waals surface area contributed by atoms with Gasteiger partial charge in [0, 0.05) is 13.0 Å². The van der Waals surface area contributed by atoms with Gasteiger partial charge in [-0.05, 0) is 25.7 Å². The van der Waals surface area contributed by atoms with Crippen molar-refractivity contribution in [3.8, 4) is 0 Å². The average molecular weight is 298 g/mol. The molecule has 0 amide bonds. The predicted octanol–water partition coefficient (Wildman–Crippen LogP) is 5.04. The van der Waals surface area contributed by atoms with E-state index in [-0.39, 0.29) is 5.97 Å². The summed E-state index contributed by atoms with van der Waals surface area (Å²) < 4.78 is 11.0. The molecule has 21 heavy (non-hydrogen) atoms. The van der Waals surface area contributed by atoms with Gasteiger partial charge in [-0.1, -0.05) is 58.6 Å². The second-order valence-corrected chi connectivity index (χ2v) is 5.56. The summed E-state index contributed by atoms with van der Waals surface area (Å²) in [6.07, 6.45) is 12.6. The molecule has 0 aromatic rings. The molecule has 0 fully saturated rings. The van der Waals surface area contributed by atoms with Gasteiger partial charge in [0.15, 0.2) is 0 Å². The van der Waals surface area contributed by atoms with E-state index in [1.165, 1.54) is 32.1 Å². The topological polar surface area (TPSA) is 35.5 Å². The largest absolute Gasteiger partial charge is 0.461 e. The molecule has 0 saturated carbocycles. The van der Waals surface area contributed by atoms with Crippen LogP contribution < -0.4 is 0 Å². The quantitative estimate of drug-likeness (QED) is 0.241. The van der Waals surface area contributed by atoms with E-state index in [0.29, 0.717) is 19.1 Å². The molecule has 0 rings (SSSR count). The van der Waals surface area contributed by atoms with E-state index in [2.05, 4.69) is 20.4 Å². The Morgan fingerprint density at radius 1 is 1.05 bits per heavy atom. The van der Waals surface area contributed by atoms with Gasteiger partial charge in [0.05, 0.1) is 6.10 Å². The van der Waals surface area contributed by atoms with Crippen molar-refractivity contribution in [2.45, 2.75) is 84.2 Å². The molecule has 0 aliphatic carbocycles. The summed E-state index contributed by atoms with van der Waals surface area (Å²) >= 11 is 0. The molecule has 0 aliphatic rings. The van der Waals surface area contributed by atoms with Crippen molar-refractivity contribution in [3.63, 3.8) is 0 Å². The second-order valence-electron chi connectivity index (χ2n) is 5.56. The van der Waals surface area contributed by atoms with Crippen molar-refractivity contribution in [1.82, 2.24) is 0 Å². The number of unbranched alkanes of at least 4 members (excludes halogenated alkanes) is 4. The van der Waals surface area contributed by atoms with Crippen LogP contribution in [0.2, 0.25) is 0 Å². The average Bonchev–Trinajstić information content (AvgIpc) is 2.49. The summed E-state index contributed by atoms with van der Waals surface area (Å²) in [5.74, 6) is -0.131. The lowest BCUT2D eigenvalue weighted by Gasteiger charge is -2.17. The van der Waals surface area contributed by atoms with Crippen molar-refractivity contribution >= 4 is 5.97 Å². The van der Waals surface area contributed by atoms with Gasteiger partial charge in [-0.25, -0.2) is 0 Å². The van der Waals surface area contributed by atoms with Gasteiger partial charge >= 0.3 is 5.97 Å². The molecule has 0 N–H and O–H groups in total. The first-order chi connectivity index (χ1) is 10.2. The van der Waals surface area contributed by atoms with Crippen molar-refractivity contribution in [2.75, 3.05) is 13.2 Å². The molecule has 0 heterocycles. The third-order valence-corrected chi connectivity index (χ3v) is 3.50. The van der Waals surface area contributed by atoms with Gasteiger partial charge in [-0.3, -0.25) is 4.79 Å². The Balaban J connectivity index is 3.84. The van der Waals surface area contributed by atoms with Crippen LogP contribution in [-0.4, -0.2) is 25.3 Å². The minimum Gasteiger partial charge on any atom is -0.461 e. The molecule has 0 saturated heterocycles. The lowest BCUT2D eigenvalue weighted by atomic mass is 10.0. The van der Waals surface area contributed by atoms with Crippen LogP contribution in [0, 0.1) is 0 Å². The number of hydrogen-bond donors (Lipinski definition) is 0. The van der Waals surface area contributed by atoms with E-state index in [1.54, 1.807) is 6.08 Å². The number of carbonyl (C=O) groups excluding carboxylic acids is 1. The Kier molecular flexibility index (Phi) is 14.9. The molecule has 0 radical (unpaired) electrons. The predicted molar refractivity (Wildman–Crippen MR) is 88.4 cm³/mol. The molecule has 1 unspecified atom stereocenters. The zero-order valence-electron chi connectivity index (χ0n) is 14.1. The van der Waals surface area contributed by atoms with Crippen LogP contribution in [0.25, 0.3) is 0 Å². The fourth-order valence-corrected chi connectivity index (χ4v) is 2.23. The molecular formula is C18H34O3. The highest BCUT2D eigenvalue weighted by molar-refractivity contribution is 5.69. The number of esters is 1. The van der Waals surface area contributed by atoms with E-state index in [4.69, 9.17) is 9.47 Å². The molecular weight excluding hydrogens is 264 g/mol. The van der Waals surface area contributed by atoms with E-state index >= 15 is 0 Å². The Bertz CT molecular complexity index is 251. The summed E-state index contributed by atoms with van der Waals surface area (Å²) in [5, 5.41) is 0. The third kappa shape index (κ3) is 13.9. The summed E-state index contributed by atoms with van der Waals surface area (Å²) in [4.78, 5) is 11.4. The monoisotopic (exact) mass is 298 g/mol. The van der Waals surface area contributed by atoms with Crippen LogP contribution in [0.5, 0.6) is 0 Å². The first kappa shape index (κ1) is 20.2. The Labute approximate surface area is 131 Å². The summed E-state index contributed by atoms with van der Waals surface area (Å²) in [7, 11) is 0. The first-order valence-corrected chi connectivity index (χ1v) is 8.62. The third-order valence-electron chi connectivity index (χ3n) is 3.50. The van der Waals surface area contributed by atoms with E-state index in [9.17, 15) is 4.79 Å². The van der Waals surface area contributed by atoms with Gasteiger partial charge in [0.25, 0.3) is 0 Å². The molecule has 0 aromatic carbocycles. The van der Waals surface area contributed by atoms with Crippen LogP contribution in [0.4, 0.5) is 0 Å². The van der Waals surface area contributed by atoms with Crippen LogP contribution in [0.15, 0.2) is 12.7 Å². The summed E-state index contributed by atoms with van der Waals surface area (Å²) in [6.45, 7) is 9.12. The van der Waals surface area contributed by atoms with E-state index in [0.717, 1.165) is 32.3 Å². The number of ether oxygens (including phenoxy) is 2. The van der Waals surface area contributed by atoms with Crippen LogP contribution in [-0.2, 0) is 14.3 Å². The highest BCUT2D eigenvalue weighted by atomic mass is 16.5. The van der Waals surface area contributed by atoms with Gasteiger partial charge in [0.2, 0.25) is 0 Å². The number of rotatable bonds is 15. The molecule has 0 bridgehead atoms. The molecule has 124 valence electrons. The van der Waals surface area contributed by atoms with Crippen molar-refractivity contribution in [3.05, 3.63) is 12.7 Å². The zero-order valence-corrected chi connectivity index (χ0v) is 14.1. The van der Waals surface area contributed by atoms with Crippen LogP contribution in [0.3, 0.4) is 0 Å². The Hall–Kier alpha value is -0.830. The van der Waals surface area contributed by atoms with Crippen LogP contribution in [0.1, 0.15) is 78.1 Å². The number of hydrogen-bond acceptors (Lipinski definition) is 3. The molecule has 0 aliphatic heterocycles. The van der Waals surface area contributed by atoms with Crippen molar-refractivity contribution in [1.29, 1.82) is 0 Å². The normalized spacial score (nSPS) is 12.1. The molecule has 3 nitrogen and oxygen atoms in total. The highest BCUT2D eigenvalue weighted by Crippen LogP contribution is 2.14. The van der Waals surface area contributed by atoms with Crippen molar-refractivity contribution in [2.24, 2.45) is 0 Å². The lowest BCUT2D eigenvalue weighted by molar-refractivity contribution is -0.142. The molecule has 0 spiro atoms. The second kappa shape index (κ2) is 15.6. The van der Waals surface area contributed by atoms with E-state index < -0.39 is 0 Å². The Morgan fingerprint density at radius 3 is 2.38 bits per heavy atom. The highest BCUT2D eigenvalue weighted by Gasteiger charge is 2.10. The van der Waals surface area contributed by atoms with Crippen LogP contribution >= 0.6 is 0 Å². The number of carbonyl (C=O) groups is 1. The molecule has 1 atom stereocenters. The lowest BCUT2D eigenvalue weighted by Crippen LogP contribution is -2.15. The first-order valence-electron chi connectivity index (χ1n) is 8.62. The smallest absolute Gasteiger partial charge is 0.306 e. The van der Waals surface area contributed by atoms with E-state index in [1.807, 2.05) is 0 Å². The maximum atomic E-state index is 11.4. The Morgan fingerprint density at radius 2 is 1.71 bits per heavy atom. The summed E-state index contributed by atoms with van der Waals surface area (Å²) in [6, 6.07) is 0.